The lowest BCUT2D eigenvalue weighted by Crippen LogP contribution is -2.01. The van der Waals surface area contributed by atoms with Crippen LogP contribution in [0, 0.1) is 0 Å². The van der Waals surface area contributed by atoms with Gasteiger partial charge in [-0.05, 0) is 86.3 Å². The van der Waals surface area contributed by atoms with Gasteiger partial charge in [0.1, 0.15) is 17.2 Å². The van der Waals surface area contributed by atoms with Crippen LogP contribution in [0.3, 0.4) is 0 Å². The molecule has 0 atom stereocenters. The summed E-state index contributed by atoms with van der Waals surface area (Å²) >= 11 is 6.45. The largest absolute Gasteiger partial charge is 0.508 e. The molecule has 0 saturated heterocycles. The van der Waals surface area contributed by atoms with Crippen molar-refractivity contribution in [2.45, 2.75) is 6.92 Å². The summed E-state index contributed by atoms with van der Waals surface area (Å²) in [4.78, 5) is 12.3. The highest BCUT2D eigenvalue weighted by Crippen LogP contribution is 2.34. The molecular weight excluding hydrogens is 416 g/mol. The first-order chi connectivity index (χ1) is 10.3. The Labute approximate surface area is 144 Å². The van der Waals surface area contributed by atoms with Crippen molar-refractivity contribution < 1.29 is 20.1 Å². The number of allylic oxidation sites excluding steroid dienone is 1. The summed E-state index contributed by atoms with van der Waals surface area (Å²) in [7, 11) is 0. The predicted molar refractivity (Wildman–Crippen MR) is 91.3 cm³/mol. The Bertz CT molecular complexity index is 759. The molecule has 6 heteroatoms. The Hall–Kier alpha value is -1.79. The summed E-state index contributed by atoms with van der Waals surface area (Å²) in [5.74, 6) is -0.604. The molecule has 0 amide bonds. The number of benzene rings is 2. The second-order valence-electron chi connectivity index (χ2n) is 4.69. The predicted octanol–water partition coefficient (Wildman–Crippen LogP) is 4.61. The molecule has 0 fully saturated rings. The van der Waals surface area contributed by atoms with Crippen LogP contribution in [-0.4, -0.2) is 21.1 Å². The van der Waals surface area contributed by atoms with Gasteiger partial charge in [0.15, 0.2) is 5.78 Å². The lowest BCUT2D eigenvalue weighted by molar-refractivity contribution is 0.103. The zero-order valence-electron chi connectivity index (χ0n) is 11.5. The van der Waals surface area contributed by atoms with Crippen molar-refractivity contribution >= 4 is 43.7 Å². The molecule has 0 radical (unpaired) electrons. The molecule has 0 aliphatic heterocycles. The van der Waals surface area contributed by atoms with Crippen LogP contribution < -0.4 is 0 Å². The molecule has 0 bridgehead atoms. The quantitative estimate of drug-likeness (QED) is 0.379. The number of Topliss-reactive ketones (excluding diaryl/α,β-unsaturated/α-hetero) is 1. The first kappa shape index (κ1) is 16.6. The van der Waals surface area contributed by atoms with Crippen LogP contribution in [0.4, 0.5) is 0 Å². The summed E-state index contributed by atoms with van der Waals surface area (Å²) in [5, 5.41) is 28.9. The van der Waals surface area contributed by atoms with Crippen LogP contribution in [0.25, 0.3) is 6.08 Å². The Kier molecular flexibility index (Phi) is 4.93. The highest BCUT2D eigenvalue weighted by Gasteiger charge is 2.14. The second kappa shape index (κ2) is 6.54. The van der Waals surface area contributed by atoms with Gasteiger partial charge in [0.2, 0.25) is 0 Å². The van der Waals surface area contributed by atoms with Gasteiger partial charge < -0.3 is 15.3 Å². The minimum atomic E-state index is -0.395. The van der Waals surface area contributed by atoms with Gasteiger partial charge in [-0.1, -0.05) is 0 Å². The minimum Gasteiger partial charge on any atom is -0.508 e. The zero-order chi connectivity index (χ0) is 16.4. The minimum absolute atomic E-state index is 0.0330. The maximum atomic E-state index is 12.3. The topological polar surface area (TPSA) is 77.8 Å². The van der Waals surface area contributed by atoms with E-state index in [0.29, 0.717) is 20.1 Å². The summed E-state index contributed by atoms with van der Waals surface area (Å²) in [6.45, 7) is 1.61. The molecule has 4 nitrogen and oxygen atoms in total. The van der Waals surface area contributed by atoms with E-state index in [-0.39, 0.29) is 22.8 Å². The molecule has 2 aromatic carbocycles. The van der Waals surface area contributed by atoms with Crippen LogP contribution in [0.15, 0.2) is 44.9 Å². The van der Waals surface area contributed by atoms with Crippen molar-refractivity contribution in [2.75, 3.05) is 0 Å². The smallest absolute Gasteiger partial charge is 0.192 e. The van der Waals surface area contributed by atoms with Crippen molar-refractivity contribution in [3.8, 4) is 17.2 Å². The molecule has 0 unspecified atom stereocenters. The van der Waals surface area contributed by atoms with Gasteiger partial charge in [-0.2, -0.15) is 0 Å². The zero-order valence-corrected chi connectivity index (χ0v) is 14.6. The number of hydrogen-bond donors (Lipinski definition) is 3. The van der Waals surface area contributed by atoms with E-state index in [0.717, 1.165) is 0 Å². The fraction of sp³-hybridized carbons (Fsp3) is 0.0625. The maximum Gasteiger partial charge on any atom is 0.192 e. The standard InChI is InChI=1S/C16H12Br2O4/c1-8(4-9-5-12(17)16(22)13(18)6-9)15(21)11-7-10(19)2-3-14(11)20/h2-7,19-20,22H,1H3/b8-4+. The first-order valence-corrected chi connectivity index (χ1v) is 7.81. The molecule has 0 saturated carbocycles. The van der Waals surface area contributed by atoms with Gasteiger partial charge in [-0.15, -0.1) is 0 Å². The van der Waals surface area contributed by atoms with E-state index >= 15 is 0 Å². The molecule has 0 spiro atoms. The van der Waals surface area contributed by atoms with Gasteiger partial charge in [-0.25, -0.2) is 0 Å². The van der Waals surface area contributed by atoms with E-state index in [1.54, 1.807) is 25.1 Å². The van der Waals surface area contributed by atoms with Gasteiger partial charge in [0, 0.05) is 0 Å². The Morgan fingerprint density at radius 1 is 1.05 bits per heavy atom. The summed E-state index contributed by atoms with van der Waals surface area (Å²) in [6, 6.07) is 7.12. The molecule has 0 aliphatic rings. The molecule has 2 aromatic rings. The van der Waals surface area contributed by atoms with Crippen molar-refractivity contribution in [2.24, 2.45) is 0 Å². The molecule has 0 aromatic heterocycles. The van der Waals surface area contributed by atoms with E-state index in [1.807, 2.05) is 0 Å². The third-order valence-corrected chi connectivity index (χ3v) is 4.21. The number of phenols is 3. The molecule has 0 aliphatic carbocycles. The lowest BCUT2D eigenvalue weighted by atomic mass is 10.0. The number of carbonyl (C=O) groups excluding carboxylic acids is 1. The summed E-state index contributed by atoms with van der Waals surface area (Å²) < 4.78 is 0.988. The number of carbonyl (C=O) groups is 1. The molecule has 22 heavy (non-hydrogen) atoms. The van der Waals surface area contributed by atoms with Gasteiger partial charge in [0.25, 0.3) is 0 Å². The van der Waals surface area contributed by atoms with Crippen LogP contribution >= 0.6 is 31.9 Å². The SMILES string of the molecule is C/C(=C\c1cc(Br)c(O)c(Br)c1)C(=O)c1cc(O)ccc1O. The number of halogens is 2. The fourth-order valence-electron chi connectivity index (χ4n) is 1.90. The number of hydrogen-bond acceptors (Lipinski definition) is 4. The lowest BCUT2D eigenvalue weighted by Gasteiger charge is -2.06. The van der Waals surface area contributed by atoms with Crippen LogP contribution in [0.2, 0.25) is 0 Å². The van der Waals surface area contributed by atoms with Crippen LogP contribution in [-0.2, 0) is 0 Å². The van der Waals surface area contributed by atoms with E-state index in [2.05, 4.69) is 31.9 Å². The average molecular weight is 428 g/mol. The van der Waals surface area contributed by atoms with Gasteiger partial charge in [0.05, 0.1) is 14.5 Å². The highest BCUT2D eigenvalue weighted by atomic mass is 79.9. The Morgan fingerprint density at radius 3 is 2.23 bits per heavy atom. The fourth-order valence-corrected chi connectivity index (χ4v) is 3.12. The van der Waals surface area contributed by atoms with Gasteiger partial charge >= 0.3 is 0 Å². The highest BCUT2D eigenvalue weighted by molar-refractivity contribution is 9.11. The van der Waals surface area contributed by atoms with Crippen molar-refractivity contribution in [3.63, 3.8) is 0 Å². The van der Waals surface area contributed by atoms with E-state index in [1.165, 1.54) is 18.2 Å². The summed E-state index contributed by atoms with van der Waals surface area (Å²) in [5.41, 5.74) is 1.11. The second-order valence-corrected chi connectivity index (χ2v) is 6.40. The number of rotatable bonds is 3. The number of ketones is 1. The average Bonchev–Trinajstić information content (AvgIpc) is 2.46. The molecule has 114 valence electrons. The van der Waals surface area contributed by atoms with Crippen LogP contribution in [0.5, 0.6) is 17.2 Å². The number of aromatic hydroxyl groups is 3. The number of phenolic OH excluding ortho intramolecular Hbond substituents is 3. The van der Waals surface area contributed by atoms with Crippen molar-refractivity contribution in [3.05, 3.63) is 56.0 Å². The van der Waals surface area contributed by atoms with Crippen LogP contribution in [0.1, 0.15) is 22.8 Å². The van der Waals surface area contributed by atoms with E-state index < -0.39 is 5.78 Å². The maximum absolute atomic E-state index is 12.3. The molecule has 3 N–H and O–H groups in total. The van der Waals surface area contributed by atoms with E-state index in [4.69, 9.17) is 0 Å². The molecule has 0 heterocycles. The van der Waals surface area contributed by atoms with Crippen molar-refractivity contribution in [1.82, 2.24) is 0 Å². The van der Waals surface area contributed by atoms with E-state index in [9.17, 15) is 20.1 Å². The third-order valence-electron chi connectivity index (χ3n) is 3.01. The molecular formula is C16H12Br2O4. The summed E-state index contributed by atoms with van der Waals surface area (Å²) in [6.07, 6.45) is 1.63. The Morgan fingerprint density at radius 2 is 1.64 bits per heavy atom. The third kappa shape index (κ3) is 3.51. The Balaban J connectivity index is 2.40. The monoisotopic (exact) mass is 426 g/mol. The first-order valence-electron chi connectivity index (χ1n) is 6.22. The normalized spacial score (nSPS) is 11.5. The molecule has 2 rings (SSSR count). The van der Waals surface area contributed by atoms with Gasteiger partial charge in [-0.3, -0.25) is 4.79 Å². The van der Waals surface area contributed by atoms with Crippen molar-refractivity contribution in [1.29, 1.82) is 0 Å².